The van der Waals surface area contributed by atoms with Gasteiger partial charge in [-0.2, -0.15) is 0 Å². The van der Waals surface area contributed by atoms with Crippen LogP contribution in [0, 0.1) is 0 Å². The Labute approximate surface area is 186 Å². The SMILES string of the molecule is CCCCCCCCCCCCCCCCCCOC[C@@H](CO)Oc1ccccc1. The molecule has 0 unspecified atom stereocenters. The van der Waals surface area contributed by atoms with Gasteiger partial charge in [0.05, 0.1) is 13.2 Å². The van der Waals surface area contributed by atoms with Crippen molar-refractivity contribution in [1.29, 1.82) is 0 Å². The van der Waals surface area contributed by atoms with Crippen LogP contribution in [0.25, 0.3) is 0 Å². The molecular formula is C27H48O3. The number of ether oxygens (including phenoxy) is 2. The lowest BCUT2D eigenvalue weighted by molar-refractivity contribution is 0.0189. The molecule has 174 valence electrons. The highest BCUT2D eigenvalue weighted by atomic mass is 16.5. The van der Waals surface area contributed by atoms with E-state index in [2.05, 4.69) is 6.92 Å². The van der Waals surface area contributed by atoms with Crippen LogP contribution in [0.15, 0.2) is 30.3 Å². The lowest BCUT2D eigenvalue weighted by Crippen LogP contribution is -2.27. The molecular weight excluding hydrogens is 372 g/mol. The molecule has 1 atom stereocenters. The van der Waals surface area contributed by atoms with Crippen molar-refractivity contribution in [3.8, 4) is 5.75 Å². The van der Waals surface area contributed by atoms with E-state index in [1.165, 1.54) is 96.3 Å². The summed E-state index contributed by atoms with van der Waals surface area (Å²) in [6.07, 6.45) is 21.8. The Balaban J connectivity index is 1.78. The molecule has 0 amide bonds. The Morgan fingerprint density at radius 2 is 1.13 bits per heavy atom. The average Bonchev–Trinajstić information content (AvgIpc) is 2.78. The molecule has 0 aliphatic rings. The summed E-state index contributed by atoms with van der Waals surface area (Å²) in [5.74, 6) is 0.780. The van der Waals surface area contributed by atoms with Crippen molar-refractivity contribution in [3.05, 3.63) is 30.3 Å². The second kappa shape index (κ2) is 21.2. The molecule has 0 saturated heterocycles. The third kappa shape index (κ3) is 16.7. The highest BCUT2D eigenvalue weighted by molar-refractivity contribution is 5.21. The maximum atomic E-state index is 9.43. The van der Waals surface area contributed by atoms with Crippen LogP contribution in [-0.2, 0) is 4.74 Å². The first-order valence-electron chi connectivity index (χ1n) is 12.8. The second-order valence-electron chi connectivity index (χ2n) is 8.61. The van der Waals surface area contributed by atoms with E-state index in [4.69, 9.17) is 9.47 Å². The standard InChI is InChI=1S/C27H48O3/c1-2-3-4-5-6-7-8-9-10-11-12-13-14-15-16-20-23-29-25-27(24-28)30-26-21-18-17-19-22-26/h17-19,21-22,27-28H,2-16,20,23-25H2,1H3/t27-/m1/s1. The molecule has 0 spiro atoms. The highest BCUT2D eigenvalue weighted by Crippen LogP contribution is 2.14. The molecule has 1 aromatic carbocycles. The molecule has 0 fully saturated rings. The first-order valence-corrected chi connectivity index (χ1v) is 12.8. The highest BCUT2D eigenvalue weighted by Gasteiger charge is 2.09. The van der Waals surface area contributed by atoms with Crippen molar-refractivity contribution in [2.24, 2.45) is 0 Å². The predicted molar refractivity (Wildman–Crippen MR) is 128 cm³/mol. The summed E-state index contributed by atoms with van der Waals surface area (Å²) in [7, 11) is 0. The van der Waals surface area contributed by atoms with Gasteiger partial charge in [-0.3, -0.25) is 0 Å². The molecule has 30 heavy (non-hydrogen) atoms. The van der Waals surface area contributed by atoms with Crippen LogP contribution in [0.2, 0.25) is 0 Å². The minimum atomic E-state index is -0.284. The second-order valence-corrected chi connectivity index (χ2v) is 8.61. The zero-order valence-electron chi connectivity index (χ0n) is 19.7. The van der Waals surface area contributed by atoms with E-state index in [1.807, 2.05) is 30.3 Å². The third-order valence-electron chi connectivity index (χ3n) is 5.70. The maximum Gasteiger partial charge on any atom is 0.145 e. The van der Waals surface area contributed by atoms with Crippen LogP contribution in [0.5, 0.6) is 5.75 Å². The monoisotopic (exact) mass is 420 g/mol. The fourth-order valence-electron chi connectivity index (χ4n) is 3.78. The smallest absolute Gasteiger partial charge is 0.145 e. The van der Waals surface area contributed by atoms with Crippen molar-refractivity contribution in [1.82, 2.24) is 0 Å². The number of rotatable bonds is 22. The van der Waals surface area contributed by atoms with Crippen molar-refractivity contribution in [2.45, 2.75) is 116 Å². The fraction of sp³-hybridized carbons (Fsp3) is 0.778. The van der Waals surface area contributed by atoms with E-state index in [1.54, 1.807) is 0 Å². The summed E-state index contributed by atoms with van der Waals surface area (Å²) in [6.45, 7) is 3.47. The lowest BCUT2D eigenvalue weighted by Gasteiger charge is -2.17. The summed E-state index contributed by atoms with van der Waals surface area (Å²) in [6, 6.07) is 9.62. The van der Waals surface area contributed by atoms with E-state index >= 15 is 0 Å². The molecule has 3 nitrogen and oxygen atoms in total. The third-order valence-corrected chi connectivity index (χ3v) is 5.70. The average molecular weight is 421 g/mol. The first kappa shape index (κ1) is 27.0. The van der Waals surface area contributed by atoms with Gasteiger partial charge in [0.2, 0.25) is 0 Å². The molecule has 0 saturated carbocycles. The summed E-state index contributed by atoms with van der Waals surface area (Å²) < 4.78 is 11.4. The largest absolute Gasteiger partial charge is 0.486 e. The zero-order chi connectivity index (χ0) is 21.5. The quantitative estimate of drug-likeness (QED) is 0.195. The van der Waals surface area contributed by atoms with Gasteiger partial charge >= 0.3 is 0 Å². The molecule has 0 aliphatic carbocycles. The van der Waals surface area contributed by atoms with Crippen LogP contribution < -0.4 is 4.74 Å². The van der Waals surface area contributed by atoms with Crippen molar-refractivity contribution >= 4 is 0 Å². The number of aliphatic hydroxyl groups is 1. The number of unbranched alkanes of at least 4 members (excludes halogenated alkanes) is 15. The number of benzene rings is 1. The van der Waals surface area contributed by atoms with E-state index in [9.17, 15) is 5.11 Å². The van der Waals surface area contributed by atoms with Gasteiger partial charge in [0, 0.05) is 6.61 Å². The van der Waals surface area contributed by atoms with Gasteiger partial charge in [0.1, 0.15) is 11.9 Å². The summed E-state index contributed by atoms with van der Waals surface area (Å²) in [4.78, 5) is 0. The molecule has 0 aromatic heterocycles. The molecule has 1 aromatic rings. The minimum Gasteiger partial charge on any atom is -0.486 e. The van der Waals surface area contributed by atoms with Gasteiger partial charge in [-0.05, 0) is 18.6 Å². The fourth-order valence-corrected chi connectivity index (χ4v) is 3.78. The number of hydrogen-bond acceptors (Lipinski definition) is 3. The number of aliphatic hydroxyl groups excluding tert-OH is 1. The number of para-hydroxylation sites is 1. The topological polar surface area (TPSA) is 38.7 Å². The van der Waals surface area contributed by atoms with Gasteiger partial charge in [0.25, 0.3) is 0 Å². The van der Waals surface area contributed by atoms with Gasteiger partial charge in [-0.1, -0.05) is 121 Å². The lowest BCUT2D eigenvalue weighted by atomic mass is 10.0. The van der Waals surface area contributed by atoms with Crippen LogP contribution in [0.4, 0.5) is 0 Å². The Kier molecular flexibility index (Phi) is 19.0. The summed E-state index contributed by atoms with van der Waals surface area (Å²) in [5.41, 5.74) is 0. The van der Waals surface area contributed by atoms with Crippen LogP contribution in [-0.4, -0.2) is 31.0 Å². The van der Waals surface area contributed by atoms with E-state index < -0.39 is 0 Å². The van der Waals surface area contributed by atoms with Gasteiger partial charge in [-0.15, -0.1) is 0 Å². The van der Waals surface area contributed by atoms with Crippen LogP contribution >= 0.6 is 0 Å². The van der Waals surface area contributed by atoms with E-state index in [-0.39, 0.29) is 12.7 Å². The minimum absolute atomic E-state index is 0.0200. The van der Waals surface area contributed by atoms with Crippen LogP contribution in [0.3, 0.4) is 0 Å². The molecule has 0 aliphatic heterocycles. The van der Waals surface area contributed by atoms with E-state index in [0.29, 0.717) is 6.61 Å². The zero-order valence-corrected chi connectivity index (χ0v) is 19.7. The summed E-state index contributed by atoms with van der Waals surface area (Å²) in [5, 5.41) is 9.43. The molecule has 0 heterocycles. The van der Waals surface area contributed by atoms with E-state index in [0.717, 1.165) is 18.8 Å². The Morgan fingerprint density at radius 1 is 0.667 bits per heavy atom. The Bertz CT molecular complexity index is 449. The molecule has 0 bridgehead atoms. The summed E-state index contributed by atoms with van der Waals surface area (Å²) >= 11 is 0. The molecule has 1 rings (SSSR count). The first-order chi connectivity index (χ1) is 14.9. The Hall–Kier alpha value is -1.06. The molecule has 1 N–H and O–H groups in total. The molecule has 3 heteroatoms. The van der Waals surface area contributed by atoms with Crippen molar-refractivity contribution in [3.63, 3.8) is 0 Å². The van der Waals surface area contributed by atoms with Crippen molar-refractivity contribution < 1.29 is 14.6 Å². The predicted octanol–water partition coefficient (Wildman–Crippen LogP) is 7.70. The van der Waals surface area contributed by atoms with Gasteiger partial charge < -0.3 is 14.6 Å². The normalized spacial score (nSPS) is 12.2. The number of hydrogen-bond donors (Lipinski definition) is 1. The Morgan fingerprint density at radius 3 is 1.60 bits per heavy atom. The van der Waals surface area contributed by atoms with Gasteiger partial charge in [0.15, 0.2) is 0 Å². The van der Waals surface area contributed by atoms with Gasteiger partial charge in [-0.25, -0.2) is 0 Å². The van der Waals surface area contributed by atoms with Crippen molar-refractivity contribution in [2.75, 3.05) is 19.8 Å². The maximum absolute atomic E-state index is 9.43. The molecule has 0 radical (unpaired) electrons. The van der Waals surface area contributed by atoms with Crippen LogP contribution in [0.1, 0.15) is 110 Å².